The highest BCUT2D eigenvalue weighted by Crippen LogP contribution is 2.38. The maximum Gasteiger partial charge on any atom is 0.469 e. The molecule has 4 N–H and O–H groups in total. The van der Waals surface area contributed by atoms with E-state index in [9.17, 15) is 19.6 Å². The number of phosphoric acid groups is 1. The van der Waals surface area contributed by atoms with Crippen molar-refractivity contribution in [2.75, 3.05) is 6.61 Å². The van der Waals surface area contributed by atoms with E-state index in [4.69, 9.17) is 14.5 Å². The summed E-state index contributed by atoms with van der Waals surface area (Å²) < 4.78 is 21.5. The third-order valence-corrected chi connectivity index (χ3v) is 3.35. The predicted molar refractivity (Wildman–Crippen MR) is 64.6 cm³/mol. The molecule has 112 valence electrons. The Morgan fingerprint density at radius 1 is 1.25 bits per heavy atom. The molecule has 2 rings (SSSR count). The fraction of sp³-hybridized carbons (Fsp3) is 0.500. The molecule has 1 aromatic rings. The van der Waals surface area contributed by atoms with Crippen molar-refractivity contribution in [3.05, 3.63) is 34.7 Å². The highest BCUT2D eigenvalue weighted by atomic mass is 31.2. The van der Waals surface area contributed by atoms with Crippen LogP contribution in [0, 0.1) is 0 Å². The average molecular weight is 307 g/mol. The molecule has 0 aliphatic carbocycles. The zero-order chi connectivity index (χ0) is 14.9. The van der Waals surface area contributed by atoms with Gasteiger partial charge in [0.05, 0.1) is 6.61 Å². The summed E-state index contributed by atoms with van der Waals surface area (Å²) >= 11 is 0. The maximum atomic E-state index is 11.0. The Balaban J connectivity index is 2.08. The van der Waals surface area contributed by atoms with Gasteiger partial charge in [-0.1, -0.05) is 0 Å². The van der Waals surface area contributed by atoms with Gasteiger partial charge in [0.2, 0.25) is 0 Å². The van der Waals surface area contributed by atoms with Crippen LogP contribution in [0.15, 0.2) is 29.3 Å². The van der Waals surface area contributed by atoms with Crippen molar-refractivity contribution in [2.24, 2.45) is 0 Å². The molecule has 0 radical (unpaired) electrons. The summed E-state index contributed by atoms with van der Waals surface area (Å²) in [6.45, 7) is -0.570. The predicted octanol–water partition coefficient (Wildman–Crippen LogP) is -1.42. The molecule has 10 heteroatoms. The molecule has 0 bridgehead atoms. The molecule has 0 amide bonds. The Labute approximate surface area is 113 Å². The summed E-state index contributed by atoms with van der Waals surface area (Å²) in [7, 11) is -4.68. The first-order chi connectivity index (χ1) is 9.28. The lowest BCUT2D eigenvalue weighted by Crippen LogP contribution is -2.33. The lowest BCUT2D eigenvalue weighted by molar-refractivity contribution is -0.0522. The molecule has 9 nitrogen and oxygen atoms in total. The van der Waals surface area contributed by atoms with E-state index >= 15 is 0 Å². The van der Waals surface area contributed by atoms with Crippen molar-refractivity contribution >= 4 is 7.82 Å². The van der Waals surface area contributed by atoms with Crippen molar-refractivity contribution in [3.8, 4) is 0 Å². The van der Waals surface area contributed by atoms with Gasteiger partial charge < -0.3 is 29.3 Å². The number of hydrogen-bond donors (Lipinski definition) is 4. The third kappa shape index (κ3) is 3.53. The van der Waals surface area contributed by atoms with Gasteiger partial charge in [-0.25, -0.2) is 4.57 Å². The van der Waals surface area contributed by atoms with Gasteiger partial charge in [0.15, 0.2) is 11.7 Å². The van der Waals surface area contributed by atoms with Crippen LogP contribution >= 0.6 is 7.82 Å². The van der Waals surface area contributed by atoms with Crippen LogP contribution < -0.4 is 5.43 Å². The summed E-state index contributed by atoms with van der Waals surface area (Å²) in [5.41, 5.74) is -0.226. The second-order valence-electron chi connectivity index (χ2n) is 4.31. The molecule has 1 aliphatic heterocycles. The molecule has 0 unspecified atom stereocenters. The monoisotopic (exact) mass is 307 g/mol. The number of aliphatic hydroxyl groups excluding tert-OH is 2. The largest absolute Gasteiger partial charge is 0.469 e. The van der Waals surface area contributed by atoms with Crippen LogP contribution in [0.25, 0.3) is 0 Å². The topological polar surface area (TPSA) is 138 Å². The van der Waals surface area contributed by atoms with E-state index in [0.717, 1.165) is 0 Å². The van der Waals surface area contributed by atoms with E-state index in [1.54, 1.807) is 0 Å². The number of phosphoric ester groups is 1. The van der Waals surface area contributed by atoms with E-state index in [1.807, 2.05) is 0 Å². The molecule has 1 fully saturated rings. The molecule has 1 saturated heterocycles. The SMILES string of the molecule is O=c1ccn([C@@H]2O[C@H](COP(=O)(O)O)[C@@H](O)[C@H]2O)cc1. The summed E-state index contributed by atoms with van der Waals surface area (Å²) in [6.07, 6.45) is -2.02. The Bertz CT molecular complexity index is 548. The van der Waals surface area contributed by atoms with E-state index in [2.05, 4.69) is 4.52 Å². The van der Waals surface area contributed by atoms with E-state index < -0.39 is 39.0 Å². The van der Waals surface area contributed by atoms with Gasteiger partial charge in [-0.2, -0.15) is 0 Å². The van der Waals surface area contributed by atoms with Crippen LogP contribution in [-0.4, -0.2) is 49.5 Å². The average Bonchev–Trinajstić information content (AvgIpc) is 2.64. The van der Waals surface area contributed by atoms with Crippen LogP contribution in [0.3, 0.4) is 0 Å². The summed E-state index contributed by atoms with van der Waals surface area (Å²) in [4.78, 5) is 28.2. The summed E-state index contributed by atoms with van der Waals surface area (Å²) in [6, 6.07) is 2.50. The molecule has 2 heterocycles. The highest BCUT2D eigenvalue weighted by Gasteiger charge is 2.44. The van der Waals surface area contributed by atoms with Crippen molar-refractivity contribution in [2.45, 2.75) is 24.5 Å². The van der Waals surface area contributed by atoms with Crippen molar-refractivity contribution < 1.29 is 33.8 Å². The molecule has 20 heavy (non-hydrogen) atoms. The molecule has 0 spiro atoms. The number of aliphatic hydroxyl groups is 2. The van der Waals surface area contributed by atoms with Crippen molar-refractivity contribution in [3.63, 3.8) is 0 Å². The third-order valence-electron chi connectivity index (χ3n) is 2.86. The van der Waals surface area contributed by atoms with Gasteiger partial charge in [0.25, 0.3) is 0 Å². The van der Waals surface area contributed by atoms with Gasteiger partial charge in [-0.3, -0.25) is 9.32 Å². The fourth-order valence-corrected chi connectivity index (χ4v) is 2.22. The normalized spacial score (nSPS) is 30.6. The highest BCUT2D eigenvalue weighted by molar-refractivity contribution is 7.46. The number of hydrogen-bond acceptors (Lipinski definition) is 6. The minimum atomic E-state index is -4.68. The van der Waals surface area contributed by atoms with Crippen LogP contribution in [0.4, 0.5) is 0 Å². The second-order valence-corrected chi connectivity index (χ2v) is 5.55. The first-order valence-corrected chi connectivity index (χ1v) is 7.20. The molecule has 4 atom stereocenters. The second kappa shape index (κ2) is 5.74. The number of nitrogens with zero attached hydrogens (tertiary/aromatic N) is 1. The molecule has 1 aromatic heterocycles. The van der Waals surface area contributed by atoms with Crippen LogP contribution in [0.1, 0.15) is 6.23 Å². The molecule has 0 saturated carbocycles. The standard InChI is InChI=1S/C10H14NO8P/c12-6-1-3-11(4-2-6)10-9(14)8(13)7(19-10)5-18-20(15,16)17/h1-4,7-10,13-14H,5H2,(H2,15,16,17)/t7-,8-,9-,10-/m1/s1. The number of ether oxygens (including phenoxy) is 1. The van der Waals surface area contributed by atoms with Crippen molar-refractivity contribution in [1.82, 2.24) is 4.57 Å². The minimum Gasteiger partial charge on any atom is -0.387 e. The first kappa shape index (κ1) is 15.3. The zero-order valence-electron chi connectivity index (χ0n) is 10.1. The van der Waals surface area contributed by atoms with Gasteiger partial charge in [0.1, 0.15) is 18.3 Å². The van der Waals surface area contributed by atoms with E-state index in [-0.39, 0.29) is 5.43 Å². The molecular weight excluding hydrogens is 293 g/mol. The van der Waals surface area contributed by atoms with E-state index in [1.165, 1.54) is 29.1 Å². The Morgan fingerprint density at radius 3 is 2.40 bits per heavy atom. The molecular formula is C10H14NO8P. The zero-order valence-corrected chi connectivity index (χ0v) is 11.0. The van der Waals surface area contributed by atoms with Crippen LogP contribution in [0.5, 0.6) is 0 Å². The summed E-state index contributed by atoms with van der Waals surface area (Å²) in [5.74, 6) is 0. The van der Waals surface area contributed by atoms with Gasteiger partial charge >= 0.3 is 7.82 Å². The lowest BCUT2D eigenvalue weighted by Gasteiger charge is -2.17. The van der Waals surface area contributed by atoms with Crippen LogP contribution in [0.2, 0.25) is 0 Å². The number of pyridine rings is 1. The Kier molecular flexibility index (Phi) is 4.40. The fourth-order valence-electron chi connectivity index (χ4n) is 1.88. The quantitative estimate of drug-likeness (QED) is 0.497. The van der Waals surface area contributed by atoms with Gasteiger partial charge in [0, 0.05) is 24.5 Å². The first-order valence-electron chi connectivity index (χ1n) is 5.67. The maximum absolute atomic E-state index is 11.0. The van der Waals surface area contributed by atoms with Gasteiger partial charge in [-0.15, -0.1) is 0 Å². The Hall–Kier alpha value is -1.06. The minimum absolute atomic E-state index is 0.226. The molecule has 0 aromatic carbocycles. The number of rotatable bonds is 4. The number of aromatic nitrogens is 1. The summed E-state index contributed by atoms with van der Waals surface area (Å²) in [5, 5.41) is 19.6. The molecule has 1 aliphatic rings. The van der Waals surface area contributed by atoms with Crippen LogP contribution in [-0.2, 0) is 13.8 Å². The smallest absolute Gasteiger partial charge is 0.387 e. The van der Waals surface area contributed by atoms with Crippen molar-refractivity contribution in [1.29, 1.82) is 0 Å². The van der Waals surface area contributed by atoms with E-state index in [0.29, 0.717) is 0 Å². The Morgan fingerprint density at radius 2 is 1.85 bits per heavy atom. The van der Waals surface area contributed by atoms with Gasteiger partial charge in [-0.05, 0) is 0 Å². The lowest BCUT2D eigenvalue weighted by atomic mass is 10.1.